The average molecular weight is 195 g/mol. The van der Waals surface area contributed by atoms with Crippen LogP contribution in [0.5, 0.6) is 0 Å². The predicted molar refractivity (Wildman–Crippen MR) is 52.5 cm³/mol. The highest BCUT2D eigenvalue weighted by Gasteiger charge is 2.28. The molecule has 1 aliphatic rings. The number of nitrogens with zero attached hydrogens (tertiary/aromatic N) is 2. The number of aromatic nitrogens is 2. The van der Waals surface area contributed by atoms with Crippen molar-refractivity contribution in [2.24, 2.45) is 5.92 Å². The molecule has 1 N–H and O–H groups in total. The van der Waals surface area contributed by atoms with Gasteiger partial charge in [0.25, 0.3) is 0 Å². The number of nitrogens with one attached hydrogen (secondary N) is 1. The molecule has 0 spiro atoms. The van der Waals surface area contributed by atoms with Crippen molar-refractivity contribution in [1.82, 2.24) is 9.97 Å². The van der Waals surface area contributed by atoms with Gasteiger partial charge in [-0.15, -0.1) is 0 Å². The molecular weight excluding hydrogens is 181 g/mol. The van der Waals surface area contributed by atoms with Gasteiger partial charge >= 0.3 is 0 Å². The van der Waals surface area contributed by atoms with E-state index in [9.17, 15) is 4.39 Å². The first-order valence-electron chi connectivity index (χ1n) is 4.92. The zero-order chi connectivity index (χ0) is 10.1. The van der Waals surface area contributed by atoms with Gasteiger partial charge in [0.1, 0.15) is 6.33 Å². The number of rotatable bonds is 3. The molecule has 14 heavy (non-hydrogen) atoms. The van der Waals surface area contributed by atoms with E-state index in [1.54, 1.807) is 6.92 Å². The van der Waals surface area contributed by atoms with E-state index in [0.29, 0.717) is 23.5 Å². The monoisotopic (exact) mass is 195 g/mol. The normalized spacial score (nSPS) is 17.9. The molecule has 1 unspecified atom stereocenters. The molecule has 1 atom stereocenters. The number of hydrogen-bond donors (Lipinski definition) is 1. The summed E-state index contributed by atoms with van der Waals surface area (Å²) >= 11 is 0. The van der Waals surface area contributed by atoms with Gasteiger partial charge in [-0.1, -0.05) is 0 Å². The van der Waals surface area contributed by atoms with E-state index < -0.39 is 0 Å². The zero-order valence-corrected chi connectivity index (χ0v) is 8.42. The van der Waals surface area contributed by atoms with Crippen LogP contribution in [0.4, 0.5) is 10.2 Å². The molecule has 1 saturated carbocycles. The largest absolute Gasteiger partial charge is 0.365 e. The average Bonchev–Trinajstić information content (AvgIpc) is 2.95. The smallest absolute Gasteiger partial charge is 0.186 e. The Morgan fingerprint density at radius 3 is 2.86 bits per heavy atom. The summed E-state index contributed by atoms with van der Waals surface area (Å²) < 4.78 is 13.5. The van der Waals surface area contributed by atoms with Gasteiger partial charge in [0.05, 0.1) is 5.69 Å². The third kappa shape index (κ3) is 1.84. The first-order valence-corrected chi connectivity index (χ1v) is 4.92. The topological polar surface area (TPSA) is 37.8 Å². The summed E-state index contributed by atoms with van der Waals surface area (Å²) in [6, 6.07) is 0.304. The second kappa shape index (κ2) is 3.52. The molecule has 3 nitrogen and oxygen atoms in total. The summed E-state index contributed by atoms with van der Waals surface area (Å²) in [7, 11) is 0. The van der Waals surface area contributed by atoms with Gasteiger partial charge in [0.15, 0.2) is 11.6 Å². The van der Waals surface area contributed by atoms with Gasteiger partial charge in [-0.2, -0.15) is 0 Å². The molecule has 4 heteroatoms. The van der Waals surface area contributed by atoms with Crippen LogP contribution in [-0.4, -0.2) is 16.0 Å². The minimum atomic E-state index is -0.333. The predicted octanol–water partition coefficient (Wildman–Crippen LogP) is 2.13. The van der Waals surface area contributed by atoms with E-state index in [1.165, 1.54) is 19.2 Å². The Morgan fingerprint density at radius 2 is 2.21 bits per heavy atom. The highest BCUT2D eigenvalue weighted by Crippen LogP contribution is 2.33. The van der Waals surface area contributed by atoms with Crippen LogP contribution in [0.3, 0.4) is 0 Å². The van der Waals surface area contributed by atoms with Gasteiger partial charge in [-0.3, -0.25) is 0 Å². The molecule has 0 aromatic carbocycles. The molecule has 1 heterocycles. The van der Waals surface area contributed by atoms with Crippen molar-refractivity contribution in [3.63, 3.8) is 0 Å². The Balaban J connectivity index is 2.11. The fourth-order valence-electron chi connectivity index (χ4n) is 1.49. The molecular formula is C10H14FN3. The summed E-state index contributed by atoms with van der Waals surface area (Å²) in [5.41, 5.74) is 0.394. The summed E-state index contributed by atoms with van der Waals surface area (Å²) in [5, 5.41) is 3.09. The van der Waals surface area contributed by atoms with E-state index in [0.717, 1.165) is 0 Å². The first kappa shape index (κ1) is 9.37. The maximum Gasteiger partial charge on any atom is 0.186 e. The molecule has 1 aromatic heterocycles. The third-order valence-electron chi connectivity index (χ3n) is 2.66. The van der Waals surface area contributed by atoms with Crippen LogP contribution in [0.2, 0.25) is 0 Å². The number of aryl methyl sites for hydroxylation is 1. The maximum absolute atomic E-state index is 13.5. The Labute approximate surface area is 82.8 Å². The van der Waals surface area contributed by atoms with Gasteiger partial charge in [-0.25, -0.2) is 14.4 Å². The van der Waals surface area contributed by atoms with Crippen LogP contribution < -0.4 is 5.32 Å². The minimum Gasteiger partial charge on any atom is -0.365 e. The zero-order valence-electron chi connectivity index (χ0n) is 8.42. The van der Waals surface area contributed by atoms with Crippen molar-refractivity contribution in [3.05, 3.63) is 17.8 Å². The molecule has 0 amide bonds. The standard InChI is InChI=1S/C10H14FN3/c1-6(8-3-4-8)14-10-9(11)7(2)12-5-13-10/h5-6,8H,3-4H2,1-2H3,(H,12,13,14). The van der Waals surface area contributed by atoms with Crippen molar-refractivity contribution < 1.29 is 4.39 Å². The van der Waals surface area contributed by atoms with E-state index >= 15 is 0 Å². The highest BCUT2D eigenvalue weighted by atomic mass is 19.1. The van der Waals surface area contributed by atoms with Gasteiger partial charge in [-0.05, 0) is 32.6 Å². The van der Waals surface area contributed by atoms with Gasteiger partial charge < -0.3 is 5.32 Å². The van der Waals surface area contributed by atoms with Crippen molar-refractivity contribution >= 4 is 5.82 Å². The first-order chi connectivity index (χ1) is 6.68. The molecule has 76 valence electrons. The lowest BCUT2D eigenvalue weighted by Gasteiger charge is -2.13. The van der Waals surface area contributed by atoms with Crippen molar-refractivity contribution in [2.45, 2.75) is 32.7 Å². The lowest BCUT2D eigenvalue weighted by Crippen LogP contribution is -2.19. The number of anilines is 1. The fourth-order valence-corrected chi connectivity index (χ4v) is 1.49. The lowest BCUT2D eigenvalue weighted by atomic mass is 10.2. The Kier molecular flexibility index (Phi) is 2.35. The molecule has 1 aromatic rings. The highest BCUT2D eigenvalue weighted by molar-refractivity contribution is 5.38. The molecule has 0 radical (unpaired) electrons. The second-order valence-electron chi connectivity index (χ2n) is 3.89. The van der Waals surface area contributed by atoms with Gasteiger partial charge in [0.2, 0.25) is 0 Å². The van der Waals surface area contributed by atoms with Gasteiger partial charge in [0, 0.05) is 6.04 Å². The Hall–Kier alpha value is -1.19. The quantitative estimate of drug-likeness (QED) is 0.802. The number of halogens is 1. The van der Waals surface area contributed by atoms with Crippen LogP contribution in [0, 0.1) is 18.7 Å². The summed E-state index contributed by atoms with van der Waals surface area (Å²) in [6.07, 6.45) is 3.86. The molecule has 2 rings (SSSR count). The minimum absolute atomic E-state index is 0.304. The van der Waals surface area contributed by atoms with Crippen LogP contribution in [0.15, 0.2) is 6.33 Å². The van der Waals surface area contributed by atoms with Crippen LogP contribution in [0.25, 0.3) is 0 Å². The number of hydrogen-bond acceptors (Lipinski definition) is 3. The summed E-state index contributed by atoms with van der Waals surface area (Å²) in [6.45, 7) is 3.71. The molecule has 0 saturated heterocycles. The summed E-state index contributed by atoms with van der Waals surface area (Å²) in [5.74, 6) is 0.682. The van der Waals surface area contributed by atoms with Crippen molar-refractivity contribution in [1.29, 1.82) is 0 Å². The molecule has 0 aliphatic heterocycles. The summed E-state index contributed by atoms with van der Waals surface area (Å²) in [4.78, 5) is 7.67. The van der Waals surface area contributed by atoms with E-state index in [4.69, 9.17) is 0 Å². The molecule has 0 bridgehead atoms. The van der Waals surface area contributed by atoms with Crippen molar-refractivity contribution in [2.75, 3.05) is 5.32 Å². The van der Waals surface area contributed by atoms with E-state index in [-0.39, 0.29) is 5.82 Å². The maximum atomic E-state index is 13.5. The lowest BCUT2D eigenvalue weighted by molar-refractivity contribution is 0.595. The molecule has 1 fully saturated rings. The fraction of sp³-hybridized carbons (Fsp3) is 0.600. The van der Waals surface area contributed by atoms with Crippen LogP contribution in [0.1, 0.15) is 25.5 Å². The molecule has 1 aliphatic carbocycles. The van der Waals surface area contributed by atoms with Crippen LogP contribution in [-0.2, 0) is 0 Å². The van der Waals surface area contributed by atoms with Crippen LogP contribution >= 0.6 is 0 Å². The van der Waals surface area contributed by atoms with E-state index in [2.05, 4.69) is 22.2 Å². The Morgan fingerprint density at radius 1 is 1.50 bits per heavy atom. The second-order valence-corrected chi connectivity index (χ2v) is 3.89. The third-order valence-corrected chi connectivity index (χ3v) is 2.66. The Bertz CT molecular complexity index is 336. The van der Waals surface area contributed by atoms with Crippen molar-refractivity contribution in [3.8, 4) is 0 Å². The van der Waals surface area contributed by atoms with E-state index in [1.807, 2.05) is 0 Å². The SMILES string of the molecule is Cc1ncnc(NC(C)C2CC2)c1F.